The molecule has 0 amide bonds. The Bertz CT molecular complexity index is 538. The molecular formula is C42H88N2O3. The Hall–Kier alpha value is -0.720. The van der Waals surface area contributed by atoms with Gasteiger partial charge in [-0.25, -0.2) is 0 Å². The van der Waals surface area contributed by atoms with Gasteiger partial charge in [-0.05, 0) is 53.8 Å². The Balaban J connectivity index is -0.000000937. The summed E-state index contributed by atoms with van der Waals surface area (Å²) < 4.78 is 10.2. The van der Waals surface area contributed by atoms with E-state index >= 15 is 0 Å². The molecule has 0 radical (unpaired) electrons. The standard InChI is InChI=1S/C29H61N.C9H19NO3.C4H8/c1-4-6-8-10-12-14-16-18-20-22-24-26-28-30(3)29-27-25-23-21-19-17-15-13-11-9-7-5-2;1-2-3-9(11)8-13-7-6-12-5-4-10;1-3-4-2/h4-29H2,1-3H3;2-3,9,11H,4-8,10H2,1H3;3-4H,1-2H3. The quantitative estimate of drug-likeness (QED) is 0.0527. The van der Waals surface area contributed by atoms with Gasteiger partial charge in [-0.15, -0.1) is 0 Å². The Labute approximate surface area is 296 Å². The highest BCUT2D eigenvalue weighted by Crippen LogP contribution is 2.13. The van der Waals surface area contributed by atoms with Crippen molar-refractivity contribution in [2.45, 2.75) is 195 Å². The number of ether oxygens (including phenoxy) is 2. The first-order valence-corrected chi connectivity index (χ1v) is 20.5. The SMILES string of the molecule is CC=CC.CC=CC(O)COCCOCCN.CCCCCCCCCCCCCCN(C)CCCCCCCCCCCCCC. The number of unbranched alkanes of at least 4 members (excludes halogenated alkanes) is 22. The molecule has 5 heteroatoms. The van der Waals surface area contributed by atoms with Crippen molar-refractivity contribution >= 4 is 0 Å². The number of aliphatic hydroxyl groups excluding tert-OH is 1. The summed E-state index contributed by atoms with van der Waals surface area (Å²) in [5.41, 5.74) is 5.22. The summed E-state index contributed by atoms with van der Waals surface area (Å²) in [5.74, 6) is 0. The summed E-state index contributed by atoms with van der Waals surface area (Å²) >= 11 is 0. The summed E-state index contributed by atoms with van der Waals surface area (Å²) in [4.78, 5) is 2.58. The minimum atomic E-state index is -0.514. The smallest absolute Gasteiger partial charge is 0.0954 e. The number of allylic oxidation sites excluding steroid dienone is 3. The molecule has 3 N–H and O–H groups in total. The van der Waals surface area contributed by atoms with E-state index in [2.05, 4.69) is 25.8 Å². The third kappa shape index (κ3) is 55.0. The van der Waals surface area contributed by atoms with Gasteiger partial charge in [0.25, 0.3) is 0 Å². The van der Waals surface area contributed by atoms with Gasteiger partial charge in [-0.3, -0.25) is 0 Å². The third-order valence-corrected chi connectivity index (χ3v) is 8.46. The molecule has 0 spiro atoms. The number of hydrogen-bond acceptors (Lipinski definition) is 5. The Kier molecular flexibility index (Phi) is 53.5. The largest absolute Gasteiger partial charge is 0.387 e. The molecule has 0 aliphatic carbocycles. The second kappa shape index (κ2) is 49.7. The van der Waals surface area contributed by atoms with E-state index in [1.807, 2.05) is 32.9 Å². The van der Waals surface area contributed by atoms with E-state index in [0.717, 1.165) is 0 Å². The zero-order valence-electron chi connectivity index (χ0n) is 33.1. The molecule has 0 heterocycles. The maximum atomic E-state index is 9.18. The van der Waals surface area contributed by atoms with Crippen LogP contribution < -0.4 is 5.73 Å². The Morgan fingerprint density at radius 2 is 0.851 bits per heavy atom. The average molecular weight is 669 g/mol. The minimum absolute atomic E-state index is 0.316. The van der Waals surface area contributed by atoms with Gasteiger partial charge in [0, 0.05) is 6.54 Å². The number of aliphatic hydroxyl groups is 1. The van der Waals surface area contributed by atoms with Crippen molar-refractivity contribution < 1.29 is 14.6 Å². The zero-order valence-corrected chi connectivity index (χ0v) is 33.1. The predicted molar refractivity (Wildman–Crippen MR) is 212 cm³/mol. The Morgan fingerprint density at radius 3 is 1.17 bits per heavy atom. The van der Waals surface area contributed by atoms with Gasteiger partial charge in [0.1, 0.15) is 0 Å². The van der Waals surface area contributed by atoms with E-state index in [9.17, 15) is 5.11 Å². The van der Waals surface area contributed by atoms with Crippen LogP contribution >= 0.6 is 0 Å². The molecule has 0 saturated heterocycles. The molecule has 0 saturated carbocycles. The van der Waals surface area contributed by atoms with E-state index in [-0.39, 0.29) is 0 Å². The molecule has 5 nitrogen and oxygen atoms in total. The van der Waals surface area contributed by atoms with E-state index in [1.54, 1.807) is 12.2 Å². The van der Waals surface area contributed by atoms with Crippen molar-refractivity contribution in [3.05, 3.63) is 24.3 Å². The van der Waals surface area contributed by atoms with Gasteiger partial charge in [0.05, 0.1) is 32.5 Å². The third-order valence-electron chi connectivity index (χ3n) is 8.46. The second-order valence-electron chi connectivity index (χ2n) is 13.3. The van der Waals surface area contributed by atoms with Crippen LogP contribution in [0.15, 0.2) is 24.3 Å². The summed E-state index contributed by atoms with van der Waals surface area (Å²) in [7, 11) is 2.33. The predicted octanol–water partition coefficient (Wildman–Crippen LogP) is 11.8. The highest BCUT2D eigenvalue weighted by atomic mass is 16.5. The van der Waals surface area contributed by atoms with Gasteiger partial charge in [-0.2, -0.15) is 0 Å². The lowest BCUT2D eigenvalue weighted by Crippen LogP contribution is -2.20. The van der Waals surface area contributed by atoms with Crippen LogP contribution in [0.1, 0.15) is 189 Å². The van der Waals surface area contributed by atoms with Crippen LogP contribution in [-0.4, -0.2) is 69.2 Å². The van der Waals surface area contributed by atoms with Crippen LogP contribution in [0, 0.1) is 0 Å². The fraction of sp³-hybridized carbons (Fsp3) is 0.905. The van der Waals surface area contributed by atoms with Gasteiger partial charge < -0.3 is 25.2 Å². The molecule has 0 fully saturated rings. The number of rotatable bonds is 34. The van der Waals surface area contributed by atoms with Crippen molar-refractivity contribution in [1.29, 1.82) is 0 Å². The van der Waals surface area contributed by atoms with Crippen LogP contribution in [0.4, 0.5) is 0 Å². The van der Waals surface area contributed by atoms with E-state index in [0.29, 0.717) is 33.0 Å². The lowest BCUT2D eigenvalue weighted by atomic mass is 10.0. The van der Waals surface area contributed by atoms with Crippen LogP contribution in [-0.2, 0) is 9.47 Å². The van der Waals surface area contributed by atoms with Crippen molar-refractivity contribution in [2.75, 3.05) is 53.1 Å². The molecule has 0 rings (SSSR count). The normalized spacial score (nSPS) is 12.0. The van der Waals surface area contributed by atoms with E-state index in [1.165, 1.54) is 167 Å². The van der Waals surface area contributed by atoms with Crippen molar-refractivity contribution in [3.8, 4) is 0 Å². The number of hydrogen-bond donors (Lipinski definition) is 2. The molecule has 0 aromatic heterocycles. The fourth-order valence-electron chi connectivity index (χ4n) is 5.34. The maximum Gasteiger partial charge on any atom is 0.0954 e. The monoisotopic (exact) mass is 669 g/mol. The van der Waals surface area contributed by atoms with E-state index in [4.69, 9.17) is 15.2 Å². The number of nitrogens with two attached hydrogens (primary N) is 1. The molecule has 0 bridgehead atoms. The van der Waals surface area contributed by atoms with Gasteiger partial charge >= 0.3 is 0 Å². The first-order valence-electron chi connectivity index (χ1n) is 20.5. The molecule has 47 heavy (non-hydrogen) atoms. The van der Waals surface area contributed by atoms with Gasteiger partial charge in [0.15, 0.2) is 0 Å². The first kappa shape index (κ1) is 50.7. The fourth-order valence-corrected chi connectivity index (χ4v) is 5.34. The summed E-state index contributed by atoms with van der Waals surface area (Å²) in [6.07, 6.45) is 41.8. The van der Waals surface area contributed by atoms with E-state index < -0.39 is 6.10 Å². The van der Waals surface area contributed by atoms with Crippen LogP contribution in [0.3, 0.4) is 0 Å². The average Bonchev–Trinajstić information content (AvgIpc) is 3.08. The molecule has 0 aromatic rings. The molecule has 0 aliphatic rings. The minimum Gasteiger partial charge on any atom is -0.387 e. The summed E-state index contributed by atoms with van der Waals surface area (Å²) in [5, 5.41) is 9.18. The Morgan fingerprint density at radius 1 is 0.511 bits per heavy atom. The highest BCUT2D eigenvalue weighted by molar-refractivity contribution is 4.84. The number of nitrogens with zero attached hydrogens (tertiary/aromatic N) is 1. The molecule has 0 aliphatic heterocycles. The lowest BCUT2D eigenvalue weighted by Gasteiger charge is -2.16. The van der Waals surface area contributed by atoms with Crippen LogP contribution in [0.2, 0.25) is 0 Å². The molecular weight excluding hydrogens is 580 g/mol. The van der Waals surface area contributed by atoms with Crippen molar-refractivity contribution in [3.63, 3.8) is 0 Å². The van der Waals surface area contributed by atoms with Crippen LogP contribution in [0.5, 0.6) is 0 Å². The summed E-state index contributed by atoms with van der Waals surface area (Å²) in [6, 6.07) is 0. The molecule has 1 atom stereocenters. The van der Waals surface area contributed by atoms with Gasteiger partial charge in [-0.1, -0.05) is 179 Å². The zero-order chi connectivity index (χ0) is 35.3. The van der Waals surface area contributed by atoms with Crippen molar-refractivity contribution in [2.24, 2.45) is 5.73 Å². The van der Waals surface area contributed by atoms with Crippen molar-refractivity contribution in [1.82, 2.24) is 4.90 Å². The highest BCUT2D eigenvalue weighted by Gasteiger charge is 2.00. The topological polar surface area (TPSA) is 67.9 Å². The van der Waals surface area contributed by atoms with Crippen LogP contribution in [0.25, 0.3) is 0 Å². The second-order valence-corrected chi connectivity index (χ2v) is 13.3. The maximum absolute atomic E-state index is 9.18. The molecule has 284 valence electrons. The summed E-state index contributed by atoms with van der Waals surface area (Å²) in [6.45, 7) is 15.5. The van der Waals surface area contributed by atoms with Gasteiger partial charge in [0.2, 0.25) is 0 Å². The molecule has 1 unspecified atom stereocenters. The first-order chi connectivity index (χ1) is 23.0. The molecule has 0 aromatic carbocycles. The lowest BCUT2D eigenvalue weighted by molar-refractivity contribution is 0.0187.